The van der Waals surface area contributed by atoms with Crippen LogP contribution in [0.4, 0.5) is 0 Å². The number of hydrogen-bond donors (Lipinski definition) is 2. The zero-order valence-electron chi connectivity index (χ0n) is 10.2. The van der Waals surface area contributed by atoms with Gasteiger partial charge in [-0.05, 0) is 53.7 Å². The summed E-state index contributed by atoms with van der Waals surface area (Å²) >= 11 is 5.01. The van der Waals surface area contributed by atoms with Crippen LogP contribution in [0.25, 0.3) is 0 Å². The van der Waals surface area contributed by atoms with E-state index in [2.05, 4.69) is 21.2 Å². The van der Waals surface area contributed by atoms with Crippen LogP contribution in [0.15, 0.2) is 15.9 Å². The SMILES string of the molecule is CC(C(=O)NCC(N)C1CC1)c1ccc(Br)s1.Cl. The lowest BCUT2D eigenvalue weighted by molar-refractivity contribution is -0.122. The summed E-state index contributed by atoms with van der Waals surface area (Å²) in [4.78, 5) is 13.0. The molecule has 1 fully saturated rings. The van der Waals surface area contributed by atoms with E-state index in [1.165, 1.54) is 12.8 Å². The van der Waals surface area contributed by atoms with Crippen LogP contribution in [0.1, 0.15) is 30.6 Å². The third kappa shape index (κ3) is 4.23. The van der Waals surface area contributed by atoms with Gasteiger partial charge in [-0.3, -0.25) is 4.79 Å². The summed E-state index contributed by atoms with van der Waals surface area (Å²) in [6.45, 7) is 2.52. The molecule has 1 heterocycles. The minimum absolute atomic E-state index is 0. The van der Waals surface area contributed by atoms with Crippen molar-refractivity contribution in [1.29, 1.82) is 0 Å². The first-order valence-electron chi connectivity index (χ1n) is 5.86. The Hall–Kier alpha value is -0.100. The lowest BCUT2D eigenvalue weighted by atomic mass is 10.1. The van der Waals surface area contributed by atoms with Crippen molar-refractivity contribution in [3.05, 3.63) is 20.8 Å². The molecule has 1 aromatic rings. The van der Waals surface area contributed by atoms with Gasteiger partial charge in [-0.2, -0.15) is 0 Å². The maximum absolute atomic E-state index is 11.9. The van der Waals surface area contributed by atoms with Crippen LogP contribution < -0.4 is 11.1 Å². The van der Waals surface area contributed by atoms with Crippen molar-refractivity contribution in [2.24, 2.45) is 11.7 Å². The van der Waals surface area contributed by atoms with Crippen LogP contribution in [-0.4, -0.2) is 18.5 Å². The van der Waals surface area contributed by atoms with Gasteiger partial charge in [0.15, 0.2) is 0 Å². The summed E-state index contributed by atoms with van der Waals surface area (Å²) < 4.78 is 1.06. The summed E-state index contributed by atoms with van der Waals surface area (Å²) in [6.07, 6.45) is 2.43. The first-order valence-corrected chi connectivity index (χ1v) is 7.47. The first kappa shape index (κ1) is 16.0. The van der Waals surface area contributed by atoms with Gasteiger partial charge in [-0.25, -0.2) is 0 Å². The van der Waals surface area contributed by atoms with E-state index < -0.39 is 0 Å². The highest BCUT2D eigenvalue weighted by Crippen LogP contribution is 2.31. The molecule has 2 rings (SSSR count). The predicted molar refractivity (Wildman–Crippen MR) is 81.4 cm³/mol. The van der Waals surface area contributed by atoms with Gasteiger partial charge in [-0.15, -0.1) is 23.7 Å². The fourth-order valence-electron chi connectivity index (χ4n) is 1.75. The van der Waals surface area contributed by atoms with Crippen molar-refractivity contribution in [2.75, 3.05) is 6.54 Å². The molecular formula is C12H18BrClN2OS. The summed E-state index contributed by atoms with van der Waals surface area (Å²) in [5.74, 6) is 0.592. The summed E-state index contributed by atoms with van der Waals surface area (Å²) in [7, 11) is 0. The van der Waals surface area contributed by atoms with Crippen molar-refractivity contribution < 1.29 is 4.79 Å². The molecular weight excluding hydrogens is 336 g/mol. The van der Waals surface area contributed by atoms with Gasteiger partial charge in [0, 0.05) is 17.5 Å². The fourth-order valence-corrected chi connectivity index (χ4v) is 3.23. The molecule has 1 aromatic heterocycles. The largest absolute Gasteiger partial charge is 0.354 e. The van der Waals surface area contributed by atoms with Crippen molar-refractivity contribution in [2.45, 2.75) is 31.7 Å². The fraction of sp³-hybridized carbons (Fsp3) is 0.583. The normalized spacial score (nSPS) is 17.7. The van der Waals surface area contributed by atoms with Crippen molar-refractivity contribution in [3.63, 3.8) is 0 Å². The molecule has 0 bridgehead atoms. The van der Waals surface area contributed by atoms with Crippen molar-refractivity contribution in [3.8, 4) is 0 Å². The predicted octanol–water partition coefficient (Wildman–Crippen LogP) is 2.89. The van der Waals surface area contributed by atoms with E-state index >= 15 is 0 Å². The topological polar surface area (TPSA) is 55.1 Å². The lowest BCUT2D eigenvalue weighted by Gasteiger charge is -2.14. The van der Waals surface area contributed by atoms with E-state index in [1.54, 1.807) is 11.3 Å². The molecule has 6 heteroatoms. The smallest absolute Gasteiger partial charge is 0.228 e. The van der Waals surface area contributed by atoms with Crippen LogP contribution >= 0.6 is 39.7 Å². The molecule has 0 radical (unpaired) electrons. The van der Waals surface area contributed by atoms with Crippen LogP contribution in [0.3, 0.4) is 0 Å². The zero-order chi connectivity index (χ0) is 12.4. The highest BCUT2D eigenvalue weighted by atomic mass is 79.9. The number of carbonyl (C=O) groups is 1. The van der Waals surface area contributed by atoms with Gasteiger partial charge in [0.05, 0.1) is 9.70 Å². The Morgan fingerprint density at radius 1 is 1.61 bits per heavy atom. The molecule has 1 amide bonds. The number of rotatable bonds is 5. The Kier molecular flexibility index (Phi) is 6.11. The van der Waals surface area contributed by atoms with Gasteiger partial charge in [0.2, 0.25) is 5.91 Å². The maximum Gasteiger partial charge on any atom is 0.228 e. The van der Waals surface area contributed by atoms with Crippen LogP contribution in [-0.2, 0) is 4.79 Å². The summed E-state index contributed by atoms with van der Waals surface area (Å²) in [6, 6.07) is 4.08. The Morgan fingerprint density at radius 3 is 2.78 bits per heavy atom. The van der Waals surface area contributed by atoms with Crippen LogP contribution in [0.5, 0.6) is 0 Å². The van der Waals surface area contributed by atoms with Crippen molar-refractivity contribution in [1.82, 2.24) is 5.32 Å². The van der Waals surface area contributed by atoms with Gasteiger partial charge < -0.3 is 11.1 Å². The molecule has 0 saturated heterocycles. The lowest BCUT2D eigenvalue weighted by Crippen LogP contribution is -2.40. The van der Waals surface area contributed by atoms with E-state index in [-0.39, 0.29) is 30.3 Å². The number of hydrogen-bond acceptors (Lipinski definition) is 3. The van der Waals surface area contributed by atoms with Crippen LogP contribution in [0.2, 0.25) is 0 Å². The second-order valence-electron chi connectivity index (χ2n) is 4.61. The van der Waals surface area contributed by atoms with E-state index in [1.807, 2.05) is 19.1 Å². The second-order valence-corrected chi connectivity index (χ2v) is 7.10. The highest BCUT2D eigenvalue weighted by molar-refractivity contribution is 9.11. The average Bonchev–Trinajstić information content (AvgIpc) is 3.07. The molecule has 0 spiro atoms. The monoisotopic (exact) mass is 352 g/mol. The summed E-state index contributed by atoms with van der Waals surface area (Å²) in [5.41, 5.74) is 5.95. The third-order valence-corrected chi connectivity index (χ3v) is 4.96. The van der Waals surface area contributed by atoms with Crippen molar-refractivity contribution >= 4 is 45.6 Å². The number of amides is 1. The minimum Gasteiger partial charge on any atom is -0.354 e. The number of carbonyl (C=O) groups excluding carboxylic acids is 1. The Labute approximate surface area is 126 Å². The maximum atomic E-state index is 11.9. The molecule has 102 valence electrons. The highest BCUT2D eigenvalue weighted by Gasteiger charge is 2.29. The zero-order valence-corrected chi connectivity index (χ0v) is 13.4. The molecule has 1 saturated carbocycles. The Morgan fingerprint density at radius 2 is 2.28 bits per heavy atom. The molecule has 1 aliphatic carbocycles. The number of thiophene rings is 1. The molecule has 1 aliphatic rings. The van der Waals surface area contributed by atoms with Gasteiger partial charge in [0.1, 0.15) is 0 Å². The number of nitrogens with one attached hydrogen (secondary N) is 1. The third-order valence-electron chi connectivity index (χ3n) is 3.15. The molecule has 18 heavy (non-hydrogen) atoms. The Bertz CT molecular complexity index is 409. The molecule has 0 aliphatic heterocycles. The molecule has 0 aromatic carbocycles. The molecule has 3 nitrogen and oxygen atoms in total. The van der Waals surface area contributed by atoms with Gasteiger partial charge in [0.25, 0.3) is 0 Å². The standard InChI is InChI=1S/C12H17BrN2OS.ClH/c1-7(10-4-5-11(13)17-10)12(16)15-6-9(14)8-2-3-8;/h4-5,7-9H,2-3,6,14H2,1H3,(H,15,16);1H. The first-order chi connectivity index (χ1) is 8.08. The number of nitrogens with two attached hydrogens (primary N) is 1. The summed E-state index contributed by atoms with van der Waals surface area (Å²) in [5, 5.41) is 2.94. The quantitative estimate of drug-likeness (QED) is 0.855. The van der Waals surface area contributed by atoms with E-state index in [4.69, 9.17) is 5.73 Å². The van der Waals surface area contributed by atoms with Gasteiger partial charge in [-0.1, -0.05) is 0 Å². The molecule has 2 unspecified atom stereocenters. The second kappa shape index (κ2) is 6.89. The Balaban J connectivity index is 0.00000162. The minimum atomic E-state index is -0.0993. The molecule has 2 atom stereocenters. The number of halogens is 2. The molecule has 3 N–H and O–H groups in total. The van der Waals surface area contributed by atoms with E-state index in [0.29, 0.717) is 12.5 Å². The van der Waals surface area contributed by atoms with E-state index in [9.17, 15) is 4.79 Å². The van der Waals surface area contributed by atoms with E-state index in [0.717, 1.165) is 8.66 Å². The average molecular weight is 354 g/mol. The van der Waals surface area contributed by atoms with Crippen LogP contribution in [0, 0.1) is 5.92 Å². The van der Waals surface area contributed by atoms with Gasteiger partial charge >= 0.3 is 0 Å².